The van der Waals surface area contributed by atoms with Crippen LogP contribution in [0.2, 0.25) is 5.15 Å². The third-order valence-corrected chi connectivity index (χ3v) is 3.62. The van der Waals surface area contributed by atoms with Crippen molar-refractivity contribution in [2.75, 3.05) is 0 Å². The Balaban J connectivity index is 1.64. The molecule has 7 nitrogen and oxygen atoms in total. The molecule has 0 aliphatic carbocycles. The Labute approximate surface area is 146 Å². The van der Waals surface area contributed by atoms with E-state index in [1.165, 1.54) is 18.2 Å². The zero-order valence-electron chi connectivity index (χ0n) is 12.7. The molecule has 0 fully saturated rings. The number of aromatic nitrogens is 1. The number of carbonyl (C=O) groups excluding carboxylic acids is 1. The lowest BCUT2D eigenvalue weighted by Crippen LogP contribution is -2.02. The van der Waals surface area contributed by atoms with Gasteiger partial charge in [0.25, 0.3) is 0 Å². The van der Waals surface area contributed by atoms with Gasteiger partial charge in [0, 0.05) is 17.0 Å². The van der Waals surface area contributed by atoms with E-state index in [0.29, 0.717) is 5.56 Å². The second kappa shape index (κ2) is 7.14. The second-order valence-corrected chi connectivity index (χ2v) is 5.36. The van der Waals surface area contributed by atoms with Gasteiger partial charge in [-0.3, -0.25) is 10.1 Å². The fraction of sp³-hybridized carbons (Fsp3) is 0.0588. The third kappa shape index (κ3) is 4.02. The number of nitrogens with zero attached hydrogens (tertiary/aromatic N) is 2. The quantitative estimate of drug-likeness (QED) is 0.223. The molecule has 2 aromatic heterocycles. The van der Waals surface area contributed by atoms with Crippen molar-refractivity contribution in [1.29, 1.82) is 0 Å². The topological polar surface area (TPSA) is 95.5 Å². The number of nitro groups is 1. The molecular weight excluding hydrogens is 348 g/mol. The molecule has 25 heavy (non-hydrogen) atoms. The SMILES string of the molecule is O=C(/C=C/c1ccc([N+](=O)[O-])o1)OCc1cc2ccccc2nc1Cl. The summed E-state index contributed by atoms with van der Waals surface area (Å²) in [4.78, 5) is 25.9. The number of benzene rings is 1. The molecule has 1 aromatic carbocycles. The first-order valence-electron chi connectivity index (χ1n) is 7.16. The molecule has 0 spiro atoms. The molecule has 0 unspecified atom stereocenters. The summed E-state index contributed by atoms with van der Waals surface area (Å²) < 4.78 is 10.0. The number of pyridine rings is 1. The molecule has 0 saturated heterocycles. The van der Waals surface area contributed by atoms with Gasteiger partial charge in [-0.2, -0.15) is 0 Å². The standard InChI is InChI=1S/C17H11ClN2O5/c18-17-12(9-11-3-1-2-4-14(11)19-17)10-24-16(21)8-6-13-5-7-15(25-13)20(22)23/h1-9H,10H2/b8-6+. The Morgan fingerprint density at radius 2 is 2.12 bits per heavy atom. The highest BCUT2D eigenvalue weighted by Crippen LogP contribution is 2.21. The minimum atomic E-state index is -0.662. The monoisotopic (exact) mass is 358 g/mol. The van der Waals surface area contributed by atoms with Crippen molar-refractivity contribution in [2.45, 2.75) is 6.61 Å². The van der Waals surface area contributed by atoms with Gasteiger partial charge >= 0.3 is 11.9 Å². The molecule has 3 rings (SSSR count). The highest BCUT2D eigenvalue weighted by Gasteiger charge is 2.11. The van der Waals surface area contributed by atoms with Crippen LogP contribution in [0.25, 0.3) is 17.0 Å². The number of rotatable bonds is 5. The molecule has 8 heteroatoms. The van der Waals surface area contributed by atoms with E-state index in [2.05, 4.69) is 4.98 Å². The van der Waals surface area contributed by atoms with Gasteiger partial charge in [-0.25, -0.2) is 9.78 Å². The number of ether oxygens (including phenoxy) is 1. The molecular formula is C17H11ClN2O5. The van der Waals surface area contributed by atoms with Crippen molar-refractivity contribution >= 4 is 40.4 Å². The van der Waals surface area contributed by atoms with Gasteiger partial charge in [0.1, 0.15) is 22.4 Å². The minimum absolute atomic E-state index is 0.0435. The number of furan rings is 1. The van der Waals surface area contributed by atoms with E-state index in [0.717, 1.165) is 17.0 Å². The second-order valence-electron chi connectivity index (χ2n) is 5.01. The van der Waals surface area contributed by atoms with Gasteiger partial charge in [0.15, 0.2) is 0 Å². The average Bonchev–Trinajstić information content (AvgIpc) is 3.07. The number of hydrogen-bond donors (Lipinski definition) is 0. The Hall–Kier alpha value is -3.19. The van der Waals surface area contributed by atoms with E-state index in [-0.39, 0.29) is 17.5 Å². The van der Waals surface area contributed by atoms with Gasteiger partial charge in [-0.1, -0.05) is 29.8 Å². The zero-order valence-corrected chi connectivity index (χ0v) is 13.5. The molecule has 0 aliphatic heterocycles. The minimum Gasteiger partial charge on any atom is -0.458 e. The molecule has 0 N–H and O–H groups in total. The van der Waals surface area contributed by atoms with Crippen molar-refractivity contribution in [3.63, 3.8) is 0 Å². The Morgan fingerprint density at radius 3 is 2.88 bits per heavy atom. The molecule has 2 heterocycles. The average molecular weight is 359 g/mol. The molecule has 0 radical (unpaired) electrons. The molecule has 126 valence electrons. The van der Waals surface area contributed by atoms with Crippen LogP contribution in [-0.2, 0) is 16.1 Å². The maximum Gasteiger partial charge on any atom is 0.433 e. The summed E-state index contributed by atoms with van der Waals surface area (Å²) in [5.41, 5.74) is 1.33. The van der Waals surface area contributed by atoms with E-state index in [4.69, 9.17) is 20.8 Å². The van der Waals surface area contributed by atoms with Crippen LogP contribution in [0.1, 0.15) is 11.3 Å². The summed E-state index contributed by atoms with van der Waals surface area (Å²) in [5.74, 6) is -0.862. The molecule has 0 saturated carbocycles. The van der Waals surface area contributed by atoms with Crippen molar-refractivity contribution in [3.8, 4) is 0 Å². The van der Waals surface area contributed by atoms with Crippen LogP contribution in [0, 0.1) is 10.1 Å². The van der Waals surface area contributed by atoms with Crippen LogP contribution in [0.4, 0.5) is 5.88 Å². The lowest BCUT2D eigenvalue weighted by molar-refractivity contribution is -0.402. The van der Waals surface area contributed by atoms with Crippen LogP contribution < -0.4 is 0 Å². The first-order valence-corrected chi connectivity index (χ1v) is 7.54. The van der Waals surface area contributed by atoms with E-state index < -0.39 is 16.8 Å². The summed E-state index contributed by atoms with van der Waals surface area (Å²) >= 11 is 6.09. The number of carbonyl (C=O) groups is 1. The van der Waals surface area contributed by atoms with Gasteiger partial charge < -0.3 is 9.15 Å². The van der Waals surface area contributed by atoms with E-state index in [1.807, 2.05) is 24.3 Å². The number of hydrogen-bond acceptors (Lipinski definition) is 6. The Bertz CT molecular complexity index is 980. The maximum absolute atomic E-state index is 11.8. The van der Waals surface area contributed by atoms with Crippen LogP contribution in [0.3, 0.4) is 0 Å². The smallest absolute Gasteiger partial charge is 0.433 e. The van der Waals surface area contributed by atoms with E-state index in [1.54, 1.807) is 6.07 Å². The normalized spacial score (nSPS) is 11.1. The fourth-order valence-electron chi connectivity index (χ4n) is 2.11. The summed E-state index contributed by atoms with van der Waals surface area (Å²) in [6, 6.07) is 11.8. The number of halogens is 1. The molecule has 0 atom stereocenters. The van der Waals surface area contributed by atoms with Crippen LogP contribution in [-0.4, -0.2) is 15.9 Å². The van der Waals surface area contributed by atoms with Crippen molar-refractivity contribution in [2.24, 2.45) is 0 Å². The molecule has 0 amide bonds. The van der Waals surface area contributed by atoms with Crippen LogP contribution in [0.15, 0.2) is 53.0 Å². The van der Waals surface area contributed by atoms with E-state index in [9.17, 15) is 14.9 Å². The summed E-state index contributed by atoms with van der Waals surface area (Å²) in [5, 5.41) is 11.7. The Morgan fingerprint density at radius 1 is 1.32 bits per heavy atom. The predicted octanol–water partition coefficient (Wildman–Crippen LogP) is 4.15. The number of esters is 1. The van der Waals surface area contributed by atoms with Gasteiger partial charge in [-0.15, -0.1) is 0 Å². The molecule has 3 aromatic rings. The Kier molecular flexibility index (Phi) is 4.76. The van der Waals surface area contributed by atoms with Crippen LogP contribution >= 0.6 is 11.6 Å². The zero-order chi connectivity index (χ0) is 17.8. The largest absolute Gasteiger partial charge is 0.458 e. The fourth-order valence-corrected chi connectivity index (χ4v) is 2.31. The summed E-state index contributed by atoms with van der Waals surface area (Å²) in [6.45, 7) is -0.0435. The molecule has 0 aliphatic rings. The lowest BCUT2D eigenvalue weighted by Gasteiger charge is -2.06. The van der Waals surface area contributed by atoms with Crippen LogP contribution in [0.5, 0.6) is 0 Å². The maximum atomic E-state index is 11.8. The highest BCUT2D eigenvalue weighted by molar-refractivity contribution is 6.30. The number of fused-ring (bicyclic) bond motifs is 1. The van der Waals surface area contributed by atoms with Crippen molar-refractivity contribution in [1.82, 2.24) is 4.98 Å². The van der Waals surface area contributed by atoms with E-state index >= 15 is 0 Å². The van der Waals surface area contributed by atoms with Crippen molar-refractivity contribution in [3.05, 3.63) is 75.1 Å². The summed E-state index contributed by atoms with van der Waals surface area (Å²) in [6.07, 6.45) is 2.40. The van der Waals surface area contributed by atoms with Crippen molar-refractivity contribution < 1.29 is 18.9 Å². The first kappa shape index (κ1) is 16.7. The molecule has 0 bridgehead atoms. The first-order chi connectivity index (χ1) is 12.0. The highest BCUT2D eigenvalue weighted by atomic mass is 35.5. The predicted molar refractivity (Wildman–Crippen MR) is 90.9 cm³/mol. The summed E-state index contributed by atoms with van der Waals surface area (Å²) in [7, 11) is 0. The van der Waals surface area contributed by atoms with Gasteiger partial charge in [0.2, 0.25) is 0 Å². The third-order valence-electron chi connectivity index (χ3n) is 3.30. The lowest BCUT2D eigenvalue weighted by atomic mass is 10.2. The van der Waals surface area contributed by atoms with Gasteiger partial charge in [0.05, 0.1) is 11.6 Å². The van der Waals surface area contributed by atoms with Gasteiger partial charge in [-0.05, 0) is 24.3 Å². The number of para-hydroxylation sites is 1.